The van der Waals surface area contributed by atoms with Gasteiger partial charge in [0.25, 0.3) is 0 Å². The summed E-state index contributed by atoms with van der Waals surface area (Å²) in [5.41, 5.74) is 0.996. The highest BCUT2D eigenvalue weighted by molar-refractivity contribution is 5.92. The van der Waals surface area contributed by atoms with Gasteiger partial charge in [0.2, 0.25) is 5.91 Å². The molecule has 3 rings (SSSR count). The highest BCUT2D eigenvalue weighted by atomic mass is 19.1. The summed E-state index contributed by atoms with van der Waals surface area (Å²) in [6.07, 6.45) is 1.87. The Morgan fingerprint density at radius 2 is 2.12 bits per heavy atom. The Balaban J connectivity index is 1.50. The number of rotatable bonds is 4. The Labute approximate surface area is 140 Å². The molecule has 1 saturated heterocycles. The van der Waals surface area contributed by atoms with Crippen molar-refractivity contribution < 1.29 is 9.18 Å². The third-order valence-electron chi connectivity index (χ3n) is 4.48. The molecular weight excluding hydrogens is 309 g/mol. The molecule has 1 fully saturated rings. The molecule has 0 radical (unpaired) electrons. The molecule has 2 heterocycles. The fraction of sp³-hybridized carbons (Fsp3) is 0.471. The fourth-order valence-electron chi connectivity index (χ4n) is 3.03. The first-order chi connectivity index (χ1) is 11.5. The lowest BCUT2D eigenvalue weighted by molar-refractivity contribution is -0.117. The number of H-pyrrole nitrogens is 1. The van der Waals surface area contributed by atoms with Gasteiger partial charge in [0, 0.05) is 17.2 Å². The number of carbonyl (C=O) groups is 1. The van der Waals surface area contributed by atoms with Crippen molar-refractivity contribution in [3.05, 3.63) is 41.2 Å². The van der Waals surface area contributed by atoms with E-state index in [1.165, 1.54) is 6.07 Å². The molecule has 0 spiro atoms. The van der Waals surface area contributed by atoms with E-state index < -0.39 is 0 Å². The number of nitrogens with one attached hydrogen (secondary N) is 2. The molecule has 0 saturated carbocycles. The van der Waals surface area contributed by atoms with Crippen molar-refractivity contribution in [1.29, 1.82) is 0 Å². The Bertz CT molecular complexity index is 722. The summed E-state index contributed by atoms with van der Waals surface area (Å²) < 4.78 is 13.5. The normalized spacial score (nSPS) is 16.3. The number of carbonyl (C=O) groups excluding carboxylic acids is 1. The minimum absolute atomic E-state index is 0.115. The quantitative estimate of drug-likeness (QED) is 0.902. The number of halogens is 1. The van der Waals surface area contributed by atoms with Gasteiger partial charge < -0.3 is 5.32 Å². The topological polar surface area (TPSA) is 73.9 Å². The highest BCUT2D eigenvalue weighted by Gasteiger charge is 2.24. The smallest absolute Gasteiger partial charge is 0.238 e. The van der Waals surface area contributed by atoms with Crippen LogP contribution in [0.2, 0.25) is 0 Å². The molecule has 7 heteroatoms. The Hall–Kier alpha value is -2.28. The number of anilines is 1. The lowest BCUT2D eigenvalue weighted by Crippen LogP contribution is -2.39. The minimum Gasteiger partial charge on any atom is -0.325 e. The molecule has 1 aromatic carbocycles. The van der Waals surface area contributed by atoms with Gasteiger partial charge in [0.1, 0.15) is 11.6 Å². The summed E-state index contributed by atoms with van der Waals surface area (Å²) in [7, 11) is 0. The first-order valence-corrected chi connectivity index (χ1v) is 8.19. The number of aryl methyl sites for hydroxylation is 1. The number of aromatic nitrogens is 3. The second-order valence-corrected chi connectivity index (χ2v) is 6.29. The summed E-state index contributed by atoms with van der Waals surface area (Å²) in [6, 6.07) is 4.71. The SMILES string of the molecule is Cc1nc(C2CCN(CC(=O)Nc3cccc(F)c3C)CC2)n[nH]1. The lowest BCUT2D eigenvalue weighted by atomic mass is 9.96. The molecular formula is C17H22FN5O. The van der Waals surface area contributed by atoms with Crippen LogP contribution in [-0.2, 0) is 4.79 Å². The number of hydrogen-bond donors (Lipinski definition) is 2. The van der Waals surface area contributed by atoms with Gasteiger partial charge >= 0.3 is 0 Å². The van der Waals surface area contributed by atoms with Crippen molar-refractivity contribution in [2.45, 2.75) is 32.6 Å². The van der Waals surface area contributed by atoms with Crippen molar-refractivity contribution in [1.82, 2.24) is 20.1 Å². The maximum Gasteiger partial charge on any atom is 0.238 e. The van der Waals surface area contributed by atoms with Crippen LogP contribution in [0, 0.1) is 19.7 Å². The predicted molar refractivity (Wildman–Crippen MR) is 89.3 cm³/mol. The van der Waals surface area contributed by atoms with E-state index in [9.17, 15) is 9.18 Å². The average molecular weight is 331 g/mol. The van der Waals surface area contributed by atoms with E-state index in [1.54, 1.807) is 19.1 Å². The number of likely N-dealkylation sites (tertiary alicyclic amines) is 1. The van der Waals surface area contributed by atoms with Crippen molar-refractivity contribution in [2.24, 2.45) is 0 Å². The number of amides is 1. The van der Waals surface area contributed by atoms with Crippen LogP contribution in [-0.4, -0.2) is 45.6 Å². The first-order valence-electron chi connectivity index (χ1n) is 8.19. The van der Waals surface area contributed by atoms with Crippen LogP contribution in [0.4, 0.5) is 10.1 Å². The van der Waals surface area contributed by atoms with Crippen LogP contribution in [0.25, 0.3) is 0 Å². The molecule has 1 aliphatic heterocycles. The molecule has 6 nitrogen and oxygen atoms in total. The van der Waals surface area contributed by atoms with E-state index in [1.807, 2.05) is 6.92 Å². The summed E-state index contributed by atoms with van der Waals surface area (Å²) in [5, 5.41) is 9.90. The first kappa shape index (κ1) is 16.6. The number of nitrogens with zero attached hydrogens (tertiary/aromatic N) is 3. The molecule has 0 unspecified atom stereocenters. The zero-order valence-electron chi connectivity index (χ0n) is 14.0. The van der Waals surface area contributed by atoms with E-state index in [0.29, 0.717) is 23.7 Å². The van der Waals surface area contributed by atoms with Crippen LogP contribution in [0.5, 0.6) is 0 Å². The maximum absolute atomic E-state index is 13.5. The summed E-state index contributed by atoms with van der Waals surface area (Å²) in [5.74, 6) is 1.62. The van der Waals surface area contributed by atoms with Gasteiger partial charge in [-0.25, -0.2) is 9.37 Å². The lowest BCUT2D eigenvalue weighted by Gasteiger charge is -2.30. The van der Waals surface area contributed by atoms with Crippen molar-refractivity contribution in [3.63, 3.8) is 0 Å². The van der Waals surface area contributed by atoms with Crippen LogP contribution in [0.1, 0.15) is 36.0 Å². The number of hydrogen-bond acceptors (Lipinski definition) is 4. The van der Waals surface area contributed by atoms with Crippen LogP contribution in [0.15, 0.2) is 18.2 Å². The molecule has 2 N–H and O–H groups in total. The second kappa shape index (κ2) is 7.09. The second-order valence-electron chi connectivity index (χ2n) is 6.29. The largest absolute Gasteiger partial charge is 0.325 e. The van der Waals surface area contributed by atoms with E-state index in [-0.39, 0.29) is 11.7 Å². The molecule has 1 aliphatic rings. The molecule has 0 aliphatic carbocycles. The third-order valence-corrected chi connectivity index (χ3v) is 4.48. The number of benzene rings is 1. The molecule has 1 amide bonds. The molecule has 0 atom stereocenters. The van der Waals surface area contributed by atoms with Gasteiger partial charge in [-0.2, -0.15) is 5.10 Å². The molecule has 128 valence electrons. The van der Waals surface area contributed by atoms with E-state index in [4.69, 9.17) is 0 Å². The summed E-state index contributed by atoms with van der Waals surface area (Å²) in [6.45, 7) is 5.52. The zero-order chi connectivity index (χ0) is 17.1. The maximum atomic E-state index is 13.5. The summed E-state index contributed by atoms with van der Waals surface area (Å²) in [4.78, 5) is 18.7. The van der Waals surface area contributed by atoms with Crippen LogP contribution < -0.4 is 5.32 Å². The van der Waals surface area contributed by atoms with Crippen molar-refractivity contribution >= 4 is 11.6 Å². The number of piperidine rings is 1. The van der Waals surface area contributed by atoms with Gasteiger partial charge in [-0.05, 0) is 51.9 Å². The van der Waals surface area contributed by atoms with Gasteiger partial charge in [0.05, 0.1) is 6.54 Å². The predicted octanol–water partition coefficient (Wildman–Crippen LogP) is 2.38. The van der Waals surface area contributed by atoms with Gasteiger partial charge in [-0.15, -0.1) is 0 Å². The zero-order valence-corrected chi connectivity index (χ0v) is 14.0. The van der Waals surface area contributed by atoms with Crippen LogP contribution in [0.3, 0.4) is 0 Å². The Kier molecular flexibility index (Phi) is 4.89. The minimum atomic E-state index is -0.310. The van der Waals surface area contributed by atoms with E-state index >= 15 is 0 Å². The van der Waals surface area contributed by atoms with E-state index in [2.05, 4.69) is 25.4 Å². The number of aromatic amines is 1. The Morgan fingerprint density at radius 1 is 1.38 bits per heavy atom. The molecule has 2 aromatic rings. The van der Waals surface area contributed by atoms with Gasteiger partial charge in [0.15, 0.2) is 5.82 Å². The standard InChI is InChI=1S/C17H22FN5O/c1-11-14(18)4-3-5-15(11)20-16(24)10-23-8-6-13(7-9-23)17-19-12(2)21-22-17/h3-5,13H,6-10H2,1-2H3,(H,20,24)(H,19,21,22). The van der Waals surface area contributed by atoms with E-state index in [0.717, 1.165) is 37.6 Å². The summed E-state index contributed by atoms with van der Waals surface area (Å²) >= 11 is 0. The van der Waals surface area contributed by atoms with Crippen LogP contribution >= 0.6 is 0 Å². The highest BCUT2D eigenvalue weighted by Crippen LogP contribution is 2.25. The average Bonchev–Trinajstić information content (AvgIpc) is 2.99. The Morgan fingerprint density at radius 3 is 2.79 bits per heavy atom. The fourth-order valence-corrected chi connectivity index (χ4v) is 3.03. The molecule has 1 aromatic heterocycles. The monoisotopic (exact) mass is 331 g/mol. The van der Waals surface area contributed by atoms with Gasteiger partial charge in [-0.3, -0.25) is 14.8 Å². The molecule has 0 bridgehead atoms. The third kappa shape index (κ3) is 3.79. The van der Waals surface area contributed by atoms with Gasteiger partial charge in [-0.1, -0.05) is 6.07 Å². The molecule has 24 heavy (non-hydrogen) atoms. The van der Waals surface area contributed by atoms with Crippen molar-refractivity contribution in [2.75, 3.05) is 25.0 Å². The van der Waals surface area contributed by atoms with Crippen molar-refractivity contribution in [3.8, 4) is 0 Å².